The molecule has 0 spiro atoms. The van der Waals surface area contributed by atoms with Crippen LogP contribution in [0.3, 0.4) is 0 Å². The lowest BCUT2D eigenvalue weighted by Crippen LogP contribution is -2.52. The minimum atomic E-state index is -1.01. The summed E-state index contributed by atoms with van der Waals surface area (Å²) in [5.41, 5.74) is 1.08. The molecule has 2 atom stereocenters. The third kappa shape index (κ3) is 5.23. The van der Waals surface area contributed by atoms with E-state index >= 15 is 0 Å². The summed E-state index contributed by atoms with van der Waals surface area (Å²) in [6.45, 7) is 0.0938. The van der Waals surface area contributed by atoms with Crippen LogP contribution in [0.4, 0.5) is 5.69 Å². The Bertz CT molecular complexity index is 1390. The first-order chi connectivity index (χ1) is 19.6. The van der Waals surface area contributed by atoms with Gasteiger partial charge in [0.2, 0.25) is 18.8 Å². The Kier molecular flexibility index (Phi) is 7.35. The van der Waals surface area contributed by atoms with Crippen LogP contribution in [0.1, 0.15) is 43.7 Å². The number of amides is 2. The molecule has 1 fully saturated rings. The predicted molar refractivity (Wildman–Crippen MR) is 147 cm³/mol. The van der Waals surface area contributed by atoms with Crippen molar-refractivity contribution in [1.82, 2.24) is 5.32 Å². The van der Waals surface area contributed by atoms with Gasteiger partial charge in [-0.25, -0.2) is 0 Å². The molecular weight excluding hydrogens is 512 g/mol. The number of para-hydroxylation sites is 2. The largest absolute Gasteiger partial charge is 0.497 e. The van der Waals surface area contributed by atoms with Gasteiger partial charge in [-0.1, -0.05) is 43.5 Å². The van der Waals surface area contributed by atoms with Crippen LogP contribution in [0.2, 0.25) is 0 Å². The van der Waals surface area contributed by atoms with Crippen molar-refractivity contribution in [3.8, 4) is 28.7 Å². The summed E-state index contributed by atoms with van der Waals surface area (Å²) >= 11 is 0. The number of ether oxygens (including phenoxy) is 5. The maximum atomic E-state index is 14.4. The van der Waals surface area contributed by atoms with Crippen LogP contribution in [0, 0.1) is 0 Å². The van der Waals surface area contributed by atoms with Crippen LogP contribution in [0.5, 0.6) is 28.7 Å². The fourth-order valence-corrected chi connectivity index (χ4v) is 5.49. The first kappa shape index (κ1) is 25.9. The first-order valence-corrected chi connectivity index (χ1v) is 13.7. The van der Waals surface area contributed by atoms with Crippen molar-refractivity contribution in [3.63, 3.8) is 0 Å². The van der Waals surface area contributed by atoms with Crippen molar-refractivity contribution >= 4 is 17.5 Å². The number of fused-ring (bicyclic) bond motifs is 2. The average Bonchev–Trinajstić information content (AvgIpc) is 3.48. The smallest absolute Gasteiger partial charge is 0.272 e. The summed E-state index contributed by atoms with van der Waals surface area (Å²) in [7, 11) is 1.57. The Morgan fingerprint density at radius 3 is 2.48 bits per heavy atom. The minimum Gasteiger partial charge on any atom is -0.497 e. The Morgan fingerprint density at radius 1 is 0.875 bits per heavy atom. The van der Waals surface area contributed by atoms with Crippen LogP contribution < -0.4 is 33.9 Å². The summed E-state index contributed by atoms with van der Waals surface area (Å²) < 4.78 is 28.6. The molecule has 2 amide bonds. The van der Waals surface area contributed by atoms with Crippen molar-refractivity contribution < 1.29 is 33.3 Å². The monoisotopic (exact) mass is 544 g/mol. The summed E-state index contributed by atoms with van der Waals surface area (Å²) in [5, 5.41) is 3.23. The summed E-state index contributed by atoms with van der Waals surface area (Å²) in [6, 6.07) is 18.7. The van der Waals surface area contributed by atoms with Gasteiger partial charge in [-0.3, -0.25) is 14.5 Å². The van der Waals surface area contributed by atoms with Gasteiger partial charge in [0.1, 0.15) is 18.4 Å². The van der Waals surface area contributed by atoms with Crippen molar-refractivity contribution in [3.05, 3.63) is 72.3 Å². The van der Waals surface area contributed by atoms with Crippen molar-refractivity contribution in [2.24, 2.45) is 0 Å². The predicted octanol–water partition coefficient (Wildman–Crippen LogP) is 4.79. The quantitative estimate of drug-likeness (QED) is 0.457. The highest BCUT2D eigenvalue weighted by molar-refractivity contribution is 6.04. The zero-order valence-electron chi connectivity index (χ0n) is 22.3. The standard InChI is InChI=1S/C31H32N2O7/c1-36-23-11-7-8-20(16-23)29(30(34)32-21-9-3-2-4-10-21)33(22-14-15-25-27(17-22)39-19-38-25)31(35)28-18-37-24-12-5-6-13-26(24)40-28/h5-8,11-17,21,28-29H,2-4,9-10,18-19H2,1H3,(H,32,34)/t28-,29-/m1/s1. The number of hydrogen-bond acceptors (Lipinski definition) is 7. The number of nitrogens with one attached hydrogen (secondary N) is 1. The molecule has 3 aliphatic rings. The topological polar surface area (TPSA) is 95.6 Å². The highest BCUT2D eigenvalue weighted by Gasteiger charge is 2.40. The molecule has 0 saturated heterocycles. The van der Waals surface area contributed by atoms with Gasteiger partial charge in [-0.15, -0.1) is 0 Å². The molecule has 6 rings (SSSR count). The van der Waals surface area contributed by atoms with Gasteiger partial charge < -0.3 is 29.0 Å². The molecule has 0 radical (unpaired) electrons. The molecule has 9 nitrogen and oxygen atoms in total. The van der Waals surface area contributed by atoms with Crippen LogP contribution >= 0.6 is 0 Å². The summed E-state index contributed by atoms with van der Waals surface area (Å²) in [4.78, 5) is 30.1. The van der Waals surface area contributed by atoms with Gasteiger partial charge in [0.05, 0.1) is 7.11 Å². The summed E-state index contributed by atoms with van der Waals surface area (Å²) in [6.07, 6.45) is 4.12. The molecule has 3 aromatic rings. The first-order valence-electron chi connectivity index (χ1n) is 13.7. The number of anilines is 1. The Hall–Kier alpha value is -4.40. The molecular formula is C31H32N2O7. The Morgan fingerprint density at radius 2 is 1.65 bits per heavy atom. The lowest BCUT2D eigenvalue weighted by Gasteiger charge is -2.36. The third-order valence-electron chi connectivity index (χ3n) is 7.52. The second-order valence-corrected chi connectivity index (χ2v) is 10.1. The van der Waals surface area contributed by atoms with Crippen molar-refractivity contribution in [2.75, 3.05) is 25.4 Å². The lowest BCUT2D eigenvalue weighted by molar-refractivity contribution is -0.132. The lowest BCUT2D eigenvalue weighted by atomic mass is 9.94. The fourth-order valence-electron chi connectivity index (χ4n) is 5.49. The molecule has 3 aromatic carbocycles. The van der Waals surface area contributed by atoms with Crippen LogP contribution in [0.15, 0.2) is 66.7 Å². The molecule has 1 N–H and O–H groups in total. The maximum Gasteiger partial charge on any atom is 0.272 e. The van der Waals surface area contributed by atoms with Crippen LogP contribution in [0.25, 0.3) is 0 Å². The molecule has 40 heavy (non-hydrogen) atoms. The van der Waals surface area contributed by atoms with Gasteiger partial charge in [-0.2, -0.15) is 0 Å². The zero-order valence-corrected chi connectivity index (χ0v) is 22.3. The molecule has 208 valence electrons. The van der Waals surface area contributed by atoms with E-state index in [1.807, 2.05) is 24.3 Å². The second kappa shape index (κ2) is 11.4. The van der Waals surface area contributed by atoms with E-state index in [1.165, 1.54) is 4.90 Å². The zero-order chi connectivity index (χ0) is 27.5. The molecule has 2 aliphatic heterocycles. The SMILES string of the molecule is COc1cccc([C@H](C(=O)NC2CCCCC2)N(C(=O)[C@H]2COc3ccccc3O2)c2ccc3c(c2)OCO3)c1. The number of carbonyl (C=O) groups excluding carboxylic acids is 2. The molecule has 2 heterocycles. The van der Waals surface area contributed by atoms with E-state index in [1.54, 1.807) is 49.6 Å². The number of nitrogens with zero attached hydrogens (tertiary/aromatic N) is 1. The van der Waals surface area contributed by atoms with Crippen molar-refractivity contribution in [2.45, 2.75) is 50.3 Å². The molecule has 9 heteroatoms. The van der Waals surface area contributed by atoms with Crippen LogP contribution in [-0.4, -0.2) is 44.5 Å². The number of rotatable bonds is 7. The molecule has 0 aromatic heterocycles. The van der Waals surface area contributed by atoms with Gasteiger partial charge in [0, 0.05) is 17.8 Å². The Balaban J connectivity index is 1.42. The second-order valence-electron chi connectivity index (χ2n) is 10.1. The van der Waals surface area contributed by atoms with E-state index in [0.29, 0.717) is 40.0 Å². The highest BCUT2D eigenvalue weighted by atomic mass is 16.7. The summed E-state index contributed by atoms with van der Waals surface area (Å²) in [5.74, 6) is 2.01. The van der Waals surface area contributed by atoms with Gasteiger partial charge in [-0.05, 0) is 54.8 Å². The van der Waals surface area contributed by atoms with Crippen LogP contribution in [-0.2, 0) is 9.59 Å². The number of benzene rings is 3. The highest BCUT2D eigenvalue weighted by Crippen LogP contribution is 2.40. The maximum absolute atomic E-state index is 14.4. The Labute approximate surface area is 232 Å². The van der Waals surface area contributed by atoms with E-state index in [-0.39, 0.29) is 25.3 Å². The third-order valence-corrected chi connectivity index (χ3v) is 7.52. The number of hydrogen-bond donors (Lipinski definition) is 1. The van der Waals surface area contributed by atoms with E-state index in [9.17, 15) is 9.59 Å². The molecule has 1 aliphatic carbocycles. The van der Waals surface area contributed by atoms with E-state index in [0.717, 1.165) is 32.1 Å². The molecule has 1 saturated carbocycles. The van der Waals surface area contributed by atoms with E-state index < -0.39 is 18.1 Å². The normalized spacial score (nSPS) is 18.5. The van der Waals surface area contributed by atoms with E-state index in [4.69, 9.17) is 23.7 Å². The van der Waals surface area contributed by atoms with Crippen molar-refractivity contribution in [1.29, 1.82) is 0 Å². The van der Waals surface area contributed by atoms with Gasteiger partial charge in [0.15, 0.2) is 23.0 Å². The fraction of sp³-hybridized carbons (Fsp3) is 0.355. The van der Waals surface area contributed by atoms with Gasteiger partial charge in [0.25, 0.3) is 5.91 Å². The average molecular weight is 545 g/mol. The number of carbonyl (C=O) groups is 2. The number of methoxy groups -OCH3 is 1. The molecule has 0 bridgehead atoms. The molecule has 0 unspecified atom stereocenters. The van der Waals surface area contributed by atoms with E-state index in [2.05, 4.69) is 5.32 Å². The minimum absolute atomic E-state index is 0.00593. The van der Waals surface area contributed by atoms with Gasteiger partial charge >= 0.3 is 0 Å².